The maximum absolute atomic E-state index is 14.9. The molecule has 1 aliphatic rings. The van der Waals surface area contributed by atoms with Gasteiger partial charge in [0, 0.05) is 29.3 Å². The first kappa shape index (κ1) is 22.3. The number of carbonyl (C=O) groups is 1. The molecule has 172 valence electrons. The molecule has 0 saturated heterocycles. The largest absolute Gasteiger partial charge is 0.483 e. The highest BCUT2D eigenvalue weighted by atomic mass is 35.5. The topological polar surface area (TPSA) is 107 Å². The van der Waals surface area contributed by atoms with E-state index in [9.17, 15) is 14.4 Å². The van der Waals surface area contributed by atoms with Crippen molar-refractivity contribution < 1.29 is 23.4 Å². The van der Waals surface area contributed by atoms with Crippen molar-refractivity contribution in [3.05, 3.63) is 41.8 Å². The average Bonchev–Trinajstić information content (AvgIpc) is 3.43. The van der Waals surface area contributed by atoms with Crippen LogP contribution in [-0.4, -0.2) is 39.7 Å². The molecule has 0 aliphatic heterocycles. The van der Waals surface area contributed by atoms with E-state index in [4.69, 9.17) is 25.8 Å². The van der Waals surface area contributed by atoms with Crippen LogP contribution in [0.2, 0.25) is 0 Å². The standard InChI is InChI=1S/C23H16ClFN4O4S/c1-31-20-10-27-21-12(5-11(9-26)6-15(21)28-20)22-29-14-7-13(25)18(8-19(14)34-22)32-16-3-2-4-17(16)33-23(24)30/h5-8,10,16-17H,2-4H2,1H3/t16-,17+/m0/s1. The van der Waals surface area contributed by atoms with Gasteiger partial charge in [-0.25, -0.2) is 24.1 Å². The predicted molar refractivity (Wildman–Crippen MR) is 124 cm³/mol. The first-order valence-electron chi connectivity index (χ1n) is 10.3. The second kappa shape index (κ2) is 9.00. The Morgan fingerprint density at radius 1 is 1.21 bits per heavy atom. The molecule has 5 rings (SSSR count). The van der Waals surface area contributed by atoms with Gasteiger partial charge in [-0.1, -0.05) is 0 Å². The van der Waals surface area contributed by atoms with E-state index in [2.05, 4.69) is 21.0 Å². The van der Waals surface area contributed by atoms with Gasteiger partial charge in [0.1, 0.15) is 17.2 Å². The fourth-order valence-corrected chi connectivity index (χ4v) is 5.12. The van der Waals surface area contributed by atoms with Crippen LogP contribution in [0.5, 0.6) is 11.6 Å². The van der Waals surface area contributed by atoms with Crippen molar-refractivity contribution in [1.29, 1.82) is 5.26 Å². The summed E-state index contributed by atoms with van der Waals surface area (Å²) in [6.07, 6.45) is 2.49. The van der Waals surface area contributed by atoms with Crippen LogP contribution in [0.15, 0.2) is 30.5 Å². The van der Waals surface area contributed by atoms with Gasteiger partial charge in [-0.2, -0.15) is 5.26 Å². The minimum absolute atomic E-state index is 0.0467. The summed E-state index contributed by atoms with van der Waals surface area (Å²) in [5.41, 5.74) is 1.57. The Balaban J connectivity index is 1.54. The number of thiazole rings is 1. The molecule has 0 spiro atoms. The van der Waals surface area contributed by atoms with Crippen LogP contribution in [0, 0.1) is 17.1 Å². The number of hydrogen-bond acceptors (Lipinski definition) is 9. The van der Waals surface area contributed by atoms with Crippen molar-refractivity contribution >= 4 is 49.6 Å². The first-order chi connectivity index (χ1) is 16.4. The van der Waals surface area contributed by atoms with Gasteiger partial charge >= 0.3 is 5.43 Å². The minimum Gasteiger partial charge on any atom is -0.483 e. The van der Waals surface area contributed by atoms with E-state index in [-0.39, 0.29) is 5.75 Å². The van der Waals surface area contributed by atoms with Crippen LogP contribution in [-0.2, 0) is 4.74 Å². The summed E-state index contributed by atoms with van der Waals surface area (Å²) < 4.78 is 31.6. The lowest BCUT2D eigenvalue weighted by molar-refractivity contribution is 0.0456. The Bertz CT molecular complexity index is 1470. The second-order valence-electron chi connectivity index (χ2n) is 7.67. The molecule has 0 amide bonds. The number of ether oxygens (including phenoxy) is 3. The molecule has 34 heavy (non-hydrogen) atoms. The molecule has 8 nitrogen and oxygen atoms in total. The molecule has 0 N–H and O–H groups in total. The van der Waals surface area contributed by atoms with Crippen molar-refractivity contribution in [2.75, 3.05) is 7.11 Å². The van der Waals surface area contributed by atoms with E-state index in [0.717, 1.165) is 6.42 Å². The summed E-state index contributed by atoms with van der Waals surface area (Å²) in [6, 6.07) is 8.30. The molecular formula is C23H16ClFN4O4S. The number of fused-ring (bicyclic) bond motifs is 2. The lowest BCUT2D eigenvalue weighted by Crippen LogP contribution is -2.29. The molecule has 2 aromatic heterocycles. The zero-order valence-corrected chi connectivity index (χ0v) is 19.3. The van der Waals surface area contributed by atoms with Gasteiger partial charge in [0.05, 0.1) is 46.2 Å². The van der Waals surface area contributed by atoms with Crippen LogP contribution in [0.4, 0.5) is 9.18 Å². The lowest BCUT2D eigenvalue weighted by atomic mass is 10.1. The highest BCUT2D eigenvalue weighted by Crippen LogP contribution is 2.38. The zero-order valence-electron chi connectivity index (χ0n) is 17.7. The van der Waals surface area contributed by atoms with E-state index in [1.165, 1.54) is 30.7 Å². The number of benzene rings is 2. The van der Waals surface area contributed by atoms with Gasteiger partial charge < -0.3 is 14.2 Å². The number of aromatic nitrogens is 3. The maximum atomic E-state index is 14.9. The molecule has 1 saturated carbocycles. The summed E-state index contributed by atoms with van der Waals surface area (Å²) in [7, 11) is 1.49. The molecule has 4 aromatic rings. The second-order valence-corrected chi connectivity index (χ2v) is 9.01. The van der Waals surface area contributed by atoms with Crippen LogP contribution in [0.3, 0.4) is 0 Å². The van der Waals surface area contributed by atoms with Crippen molar-refractivity contribution in [1.82, 2.24) is 15.0 Å². The van der Waals surface area contributed by atoms with Crippen molar-refractivity contribution in [3.63, 3.8) is 0 Å². The maximum Gasteiger partial charge on any atom is 0.404 e. The van der Waals surface area contributed by atoms with E-state index < -0.39 is 23.5 Å². The van der Waals surface area contributed by atoms with Gasteiger partial charge in [-0.3, -0.25) is 0 Å². The summed E-state index contributed by atoms with van der Waals surface area (Å²) in [5.74, 6) is -0.204. The van der Waals surface area contributed by atoms with E-state index in [0.29, 0.717) is 56.1 Å². The summed E-state index contributed by atoms with van der Waals surface area (Å²) in [6.45, 7) is 0. The Labute approximate surface area is 201 Å². The third-order valence-electron chi connectivity index (χ3n) is 5.55. The zero-order chi connectivity index (χ0) is 23.8. The Kier molecular flexibility index (Phi) is 5.89. The molecule has 0 unspecified atom stereocenters. The van der Waals surface area contributed by atoms with Crippen molar-refractivity contribution in [2.45, 2.75) is 31.5 Å². The lowest BCUT2D eigenvalue weighted by Gasteiger charge is -2.20. The van der Waals surface area contributed by atoms with Gasteiger partial charge in [-0.05, 0) is 31.4 Å². The van der Waals surface area contributed by atoms with E-state index in [1.807, 2.05) is 0 Å². The van der Waals surface area contributed by atoms with Crippen LogP contribution < -0.4 is 9.47 Å². The summed E-state index contributed by atoms with van der Waals surface area (Å²) in [4.78, 5) is 24.5. The molecule has 2 atom stereocenters. The number of rotatable bonds is 5. The number of methoxy groups -OCH3 is 1. The quantitative estimate of drug-likeness (QED) is 0.327. The van der Waals surface area contributed by atoms with Crippen molar-refractivity contribution in [3.8, 4) is 28.3 Å². The van der Waals surface area contributed by atoms with Crippen LogP contribution in [0.1, 0.15) is 24.8 Å². The molecule has 1 fully saturated rings. The Morgan fingerprint density at radius 3 is 2.79 bits per heavy atom. The molecule has 2 aromatic carbocycles. The Hall–Kier alpha value is -3.55. The predicted octanol–water partition coefficient (Wildman–Crippen LogP) is 5.60. The summed E-state index contributed by atoms with van der Waals surface area (Å²) >= 11 is 6.66. The van der Waals surface area contributed by atoms with Gasteiger partial charge in [-0.15, -0.1) is 11.3 Å². The van der Waals surface area contributed by atoms with Crippen LogP contribution >= 0.6 is 22.9 Å². The van der Waals surface area contributed by atoms with E-state index in [1.54, 1.807) is 18.2 Å². The SMILES string of the molecule is COc1cnc2c(-c3nc4cc(F)c(O[C@H]5CCC[C@H]5OC(=O)Cl)cc4s3)cc(C#N)cc2n1. The average molecular weight is 499 g/mol. The smallest absolute Gasteiger partial charge is 0.404 e. The first-order valence-corrected chi connectivity index (χ1v) is 11.5. The molecule has 0 radical (unpaired) electrons. The van der Waals surface area contributed by atoms with Gasteiger partial charge in [0.25, 0.3) is 0 Å². The molecule has 0 bridgehead atoms. The number of carbonyl (C=O) groups excluding carboxylic acids is 1. The number of halogens is 2. The molecular weight excluding hydrogens is 483 g/mol. The monoisotopic (exact) mass is 498 g/mol. The number of nitriles is 1. The molecule has 2 heterocycles. The Morgan fingerprint density at radius 2 is 2.03 bits per heavy atom. The van der Waals surface area contributed by atoms with Gasteiger partial charge in [0.2, 0.25) is 5.88 Å². The fourth-order valence-electron chi connectivity index (χ4n) is 4.01. The summed E-state index contributed by atoms with van der Waals surface area (Å²) in [5, 5.41) is 10.0. The molecule has 11 heteroatoms. The molecule has 1 aliphatic carbocycles. The van der Waals surface area contributed by atoms with Gasteiger partial charge in [0.15, 0.2) is 11.6 Å². The normalized spacial score (nSPS) is 17.6. The van der Waals surface area contributed by atoms with E-state index >= 15 is 0 Å². The number of nitrogens with zero attached hydrogens (tertiary/aromatic N) is 4. The van der Waals surface area contributed by atoms with Crippen LogP contribution in [0.25, 0.3) is 31.8 Å². The van der Waals surface area contributed by atoms with Crippen molar-refractivity contribution in [2.24, 2.45) is 0 Å². The minimum atomic E-state index is -0.906. The highest BCUT2D eigenvalue weighted by molar-refractivity contribution is 7.21. The number of hydrogen-bond donors (Lipinski definition) is 0. The third kappa shape index (κ3) is 4.20. The fraction of sp³-hybridized carbons (Fsp3) is 0.261. The highest BCUT2D eigenvalue weighted by Gasteiger charge is 2.33. The third-order valence-corrected chi connectivity index (χ3v) is 6.69.